The molecule has 2 N–H and O–H groups in total. The molecule has 4 nitrogen and oxygen atoms in total. The lowest BCUT2D eigenvalue weighted by Crippen LogP contribution is -2.37. The van der Waals surface area contributed by atoms with Gasteiger partial charge in [0, 0.05) is 12.6 Å². The van der Waals surface area contributed by atoms with E-state index in [4.69, 9.17) is 5.73 Å². The maximum Gasteiger partial charge on any atom is 0.151 e. The first kappa shape index (κ1) is 14.3. The van der Waals surface area contributed by atoms with Gasteiger partial charge in [0.1, 0.15) is 0 Å². The summed E-state index contributed by atoms with van der Waals surface area (Å²) in [6, 6.07) is 0.252. The maximum atomic E-state index is 11.5. The van der Waals surface area contributed by atoms with E-state index >= 15 is 0 Å². The van der Waals surface area contributed by atoms with E-state index in [2.05, 4.69) is 11.9 Å². The molecule has 1 heterocycles. The van der Waals surface area contributed by atoms with Crippen molar-refractivity contribution in [2.75, 3.05) is 31.6 Å². The Morgan fingerprint density at radius 2 is 1.72 bits per heavy atom. The van der Waals surface area contributed by atoms with Crippen molar-refractivity contribution in [3.63, 3.8) is 0 Å². The molecule has 1 saturated carbocycles. The van der Waals surface area contributed by atoms with E-state index in [0.29, 0.717) is 11.5 Å². The maximum absolute atomic E-state index is 11.5. The van der Waals surface area contributed by atoms with Crippen LogP contribution in [0.15, 0.2) is 0 Å². The zero-order chi connectivity index (χ0) is 13.2. The van der Waals surface area contributed by atoms with E-state index < -0.39 is 9.84 Å². The fourth-order valence-corrected chi connectivity index (χ4v) is 5.13. The van der Waals surface area contributed by atoms with Gasteiger partial charge in [0.05, 0.1) is 11.5 Å². The van der Waals surface area contributed by atoms with Crippen LogP contribution in [0, 0.1) is 11.8 Å². The van der Waals surface area contributed by atoms with Gasteiger partial charge >= 0.3 is 0 Å². The quantitative estimate of drug-likeness (QED) is 0.826. The van der Waals surface area contributed by atoms with Crippen LogP contribution < -0.4 is 5.73 Å². The minimum absolute atomic E-state index is 0.252. The monoisotopic (exact) mass is 274 g/mol. The van der Waals surface area contributed by atoms with Gasteiger partial charge in [-0.05, 0) is 57.5 Å². The molecular weight excluding hydrogens is 248 g/mol. The Bertz CT molecular complexity index is 361. The average Bonchev–Trinajstić information content (AvgIpc) is 2.71. The summed E-state index contributed by atoms with van der Waals surface area (Å²) in [5, 5.41) is 0. The van der Waals surface area contributed by atoms with Crippen molar-refractivity contribution in [2.45, 2.75) is 38.1 Å². The number of nitrogens with zero attached hydrogens (tertiary/aromatic N) is 1. The van der Waals surface area contributed by atoms with Crippen molar-refractivity contribution in [3.8, 4) is 0 Å². The van der Waals surface area contributed by atoms with E-state index in [1.165, 1.54) is 25.7 Å². The molecule has 18 heavy (non-hydrogen) atoms. The van der Waals surface area contributed by atoms with Gasteiger partial charge in [-0.15, -0.1) is 0 Å². The average molecular weight is 274 g/mol. The lowest BCUT2D eigenvalue weighted by molar-refractivity contribution is 0.176. The van der Waals surface area contributed by atoms with Gasteiger partial charge in [0.25, 0.3) is 0 Å². The van der Waals surface area contributed by atoms with E-state index in [1.807, 2.05) is 0 Å². The van der Waals surface area contributed by atoms with Crippen LogP contribution in [0.1, 0.15) is 32.1 Å². The van der Waals surface area contributed by atoms with Crippen molar-refractivity contribution < 1.29 is 8.42 Å². The van der Waals surface area contributed by atoms with Gasteiger partial charge in [-0.1, -0.05) is 0 Å². The molecule has 1 aliphatic carbocycles. The van der Waals surface area contributed by atoms with Crippen LogP contribution >= 0.6 is 0 Å². The Labute approximate surface area is 111 Å². The van der Waals surface area contributed by atoms with Gasteiger partial charge in [0.2, 0.25) is 0 Å². The summed E-state index contributed by atoms with van der Waals surface area (Å²) in [5.74, 6) is 2.20. The molecule has 0 aromatic heterocycles. The molecule has 106 valence electrons. The first-order valence-corrected chi connectivity index (χ1v) is 8.93. The molecule has 0 spiro atoms. The Morgan fingerprint density at radius 1 is 1.11 bits per heavy atom. The van der Waals surface area contributed by atoms with Crippen LogP contribution in [0.3, 0.4) is 0 Å². The van der Waals surface area contributed by atoms with Crippen LogP contribution in [-0.4, -0.2) is 51.0 Å². The SMILES string of the molecule is CN(CC1CCC(CN)CC1)C1CCS(=O)(=O)C1. The number of hydrogen-bond acceptors (Lipinski definition) is 4. The number of nitrogens with two attached hydrogens (primary N) is 1. The second kappa shape index (κ2) is 5.88. The van der Waals surface area contributed by atoms with Crippen molar-refractivity contribution in [1.82, 2.24) is 4.90 Å². The summed E-state index contributed by atoms with van der Waals surface area (Å²) < 4.78 is 23.0. The predicted octanol–water partition coefficient (Wildman–Crippen LogP) is 0.870. The first-order chi connectivity index (χ1) is 8.50. The highest BCUT2D eigenvalue weighted by Crippen LogP contribution is 2.29. The second-order valence-corrected chi connectivity index (χ2v) is 8.35. The zero-order valence-electron chi connectivity index (χ0n) is 11.3. The minimum atomic E-state index is -2.75. The zero-order valence-corrected chi connectivity index (χ0v) is 12.2. The summed E-state index contributed by atoms with van der Waals surface area (Å²) >= 11 is 0. The van der Waals surface area contributed by atoms with E-state index in [-0.39, 0.29) is 6.04 Å². The Morgan fingerprint density at radius 3 is 2.22 bits per heavy atom. The second-order valence-electron chi connectivity index (χ2n) is 6.12. The van der Waals surface area contributed by atoms with E-state index in [1.54, 1.807) is 0 Å². The van der Waals surface area contributed by atoms with Crippen LogP contribution in [0.5, 0.6) is 0 Å². The fraction of sp³-hybridized carbons (Fsp3) is 1.00. The Kier molecular flexibility index (Phi) is 4.67. The highest BCUT2D eigenvalue weighted by atomic mass is 32.2. The van der Waals surface area contributed by atoms with Crippen molar-refractivity contribution in [1.29, 1.82) is 0 Å². The minimum Gasteiger partial charge on any atom is -0.330 e. The van der Waals surface area contributed by atoms with Crippen molar-refractivity contribution >= 4 is 9.84 Å². The van der Waals surface area contributed by atoms with Crippen LogP contribution in [0.4, 0.5) is 0 Å². The summed E-state index contributed by atoms with van der Waals surface area (Å²) in [4.78, 5) is 2.28. The molecule has 5 heteroatoms. The van der Waals surface area contributed by atoms with E-state index in [9.17, 15) is 8.42 Å². The van der Waals surface area contributed by atoms with Gasteiger partial charge in [-0.25, -0.2) is 8.42 Å². The predicted molar refractivity (Wildman–Crippen MR) is 74.2 cm³/mol. The Balaban J connectivity index is 1.77. The lowest BCUT2D eigenvalue weighted by atomic mass is 9.82. The molecule has 0 radical (unpaired) electrons. The molecule has 0 bridgehead atoms. The lowest BCUT2D eigenvalue weighted by Gasteiger charge is -2.32. The smallest absolute Gasteiger partial charge is 0.151 e. The van der Waals surface area contributed by atoms with Gasteiger partial charge in [0.15, 0.2) is 9.84 Å². The topological polar surface area (TPSA) is 63.4 Å². The fourth-order valence-electron chi connectivity index (χ4n) is 3.33. The third-order valence-corrected chi connectivity index (χ3v) is 6.43. The standard InChI is InChI=1S/C13H26N2O2S/c1-15(13-6-7-18(16,17)10-13)9-12-4-2-11(8-14)3-5-12/h11-13H,2-10,14H2,1H3. The molecular formula is C13H26N2O2S. The largest absolute Gasteiger partial charge is 0.330 e. The van der Waals surface area contributed by atoms with Gasteiger partial charge in [-0.3, -0.25) is 0 Å². The Hall–Kier alpha value is -0.130. The van der Waals surface area contributed by atoms with E-state index in [0.717, 1.165) is 31.3 Å². The molecule has 1 atom stereocenters. The first-order valence-electron chi connectivity index (χ1n) is 7.11. The van der Waals surface area contributed by atoms with Gasteiger partial charge in [-0.2, -0.15) is 0 Å². The third kappa shape index (κ3) is 3.68. The molecule has 2 aliphatic rings. The number of rotatable bonds is 4. The number of sulfone groups is 1. The molecule has 2 fully saturated rings. The van der Waals surface area contributed by atoms with Crippen LogP contribution in [0.2, 0.25) is 0 Å². The molecule has 0 aromatic rings. The summed E-state index contributed by atoms with van der Waals surface area (Å²) in [7, 11) is -0.668. The molecule has 1 saturated heterocycles. The molecule has 0 aromatic carbocycles. The van der Waals surface area contributed by atoms with Gasteiger partial charge < -0.3 is 10.6 Å². The number of hydrogen-bond donors (Lipinski definition) is 1. The normalized spacial score (nSPS) is 36.1. The third-order valence-electron chi connectivity index (χ3n) is 4.68. The summed E-state index contributed by atoms with van der Waals surface area (Å²) in [6.45, 7) is 1.88. The van der Waals surface area contributed by atoms with Crippen LogP contribution in [0.25, 0.3) is 0 Å². The molecule has 2 rings (SSSR count). The molecule has 0 amide bonds. The summed E-state index contributed by atoms with van der Waals surface area (Å²) in [5.41, 5.74) is 5.70. The molecule has 1 aliphatic heterocycles. The van der Waals surface area contributed by atoms with Crippen molar-refractivity contribution in [3.05, 3.63) is 0 Å². The summed E-state index contributed by atoms with van der Waals surface area (Å²) in [6.07, 6.45) is 5.82. The van der Waals surface area contributed by atoms with Crippen molar-refractivity contribution in [2.24, 2.45) is 17.6 Å². The highest BCUT2D eigenvalue weighted by Gasteiger charge is 2.32. The molecule has 1 unspecified atom stereocenters. The van der Waals surface area contributed by atoms with Crippen LogP contribution in [-0.2, 0) is 9.84 Å². The highest BCUT2D eigenvalue weighted by molar-refractivity contribution is 7.91.